The molecule has 0 radical (unpaired) electrons. The largest absolute Gasteiger partial charge is 0.497 e. The smallest absolute Gasteiger partial charge is 0.265 e. The minimum absolute atomic E-state index is 0.0458. The third kappa shape index (κ3) is 5.20. The summed E-state index contributed by atoms with van der Waals surface area (Å²) in [5.41, 5.74) is 2.85. The molecule has 32 heavy (non-hydrogen) atoms. The average Bonchev–Trinajstić information content (AvgIpc) is 3.32. The van der Waals surface area contributed by atoms with Crippen LogP contribution in [-0.2, 0) is 0 Å². The van der Waals surface area contributed by atoms with Crippen molar-refractivity contribution in [3.63, 3.8) is 0 Å². The van der Waals surface area contributed by atoms with Gasteiger partial charge in [0.15, 0.2) is 0 Å². The normalized spacial score (nSPS) is 18.1. The first-order valence-electron chi connectivity index (χ1n) is 10.7. The number of rotatable bonds is 6. The molecule has 7 nitrogen and oxygen atoms in total. The number of carbonyl (C=O) groups excluding carboxylic acids is 2. The Morgan fingerprint density at radius 3 is 2.53 bits per heavy atom. The molecule has 2 amide bonds. The van der Waals surface area contributed by atoms with Crippen molar-refractivity contribution < 1.29 is 14.3 Å². The van der Waals surface area contributed by atoms with E-state index >= 15 is 0 Å². The Hall–Kier alpha value is -3.10. The molecule has 0 spiro atoms. The van der Waals surface area contributed by atoms with Crippen molar-refractivity contribution in [1.82, 2.24) is 15.5 Å². The maximum absolute atomic E-state index is 12.7. The molecule has 2 aromatic rings. The summed E-state index contributed by atoms with van der Waals surface area (Å²) in [4.78, 5) is 28.7. The highest BCUT2D eigenvalue weighted by molar-refractivity contribution is 7.16. The molecule has 8 heteroatoms. The Balaban J connectivity index is 1.32. The fraction of sp³-hybridized carbons (Fsp3) is 0.333. The van der Waals surface area contributed by atoms with Gasteiger partial charge < -0.3 is 25.6 Å². The third-order valence-corrected chi connectivity index (χ3v) is 6.70. The van der Waals surface area contributed by atoms with Crippen molar-refractivity contribution in [2.24, 2.45) is 0 Å². The summed E-state index contributed by atoms with van der Waals surface area (Å²) in [5.74, 6) is 0.342. The minimum Gasteiger partial charge on any atom is -0.497 e. The van der Waals surface area contributed by atoms with E-state index in [2.05, 4.69) is 33.0 Å². The molecule has 2 heterocycles. The van der Waals surface area contributed by atoms with Crippen LogP contribution in [0.15, 0.2) is 54.3 Å². The Kier molecular flexibility index (Phi) is 6.92. The number of hydrogen-bond donors (Lipinski definition) is 3. The monoisotopic (exact) mass is 452 g/mol. The molecule has 1 unspecified atom stereocenters. The van der Waals surface area contributed by atoms with Crippen LogP contribution in [0.4, 0.5) is 5.69 Å². The van der Waals surface area contributed by atoms with Gasteiger partial charge in [-0.05, 0) is 55.3 Å². The van der Waals surface area contributed by atoms with Crippen LogP contribution < -0.4 is 20.7 Å². The van der Waals surface area contributed by atoms with Gasteiger partial charge >= 0.3 is 0 Å². The van der Waals surface area contributed by atoms with E-state index in [1.807, 2.05) is 25.1 Å². The maximum atomic E-state index is 12.7. The van der Waals surface area contributed by atoms with Gasteiger partial charge in [-0.2, -0.15) is 0 Å². The number of methoxy groups -OCH3 is 1. The first kappa shape index (κ1) is 22.1. The zero-order valence-corrected chi connectivity index (χ0v) is 19.1. The number of carbonyl (C=O) groups is 2. The van der Waals surface area contributed by atoms with Crippen molar-refractivity contribution in [3.8, 4) is 5.75 Å². The maximum Gasteiger partial charge on any atom is 0.265 e. The lowest BCUT2D eigenvalue weighted by Crippen LogP contribution is -2.43. The van der Waals surface area contributed by atoms with Crippen LogP contribution in [0.3, 0.4) is 0 Å². The summed E-state index contributed by atoms with van der Waals surface area (Å²) in [6.45, 7) is 5.91. The summed E-state index contributed by atoms with van der Waals surface area (Å²) < 4.78 is 5.20. The molecule has 4 rings (SSSR count). The van der Waals surface area contributed by atoms with Crippen molar-refractivity contribution in [3.05, 3.63) is 69.6 Å². The molecule has 1 fully saturated rings. The molecule has 2 aliphatic rings. The quantitative estimate of drug-likeness (QED) is 0.627. The van der Waals surface area contributed by atoms with Crippen LogP contribution in [0.25, 0.3) is 0 Å². The van der Waals surface area contributed by atoms with Crippen LogP contribution in [0.1, 0.15) is 31.3 Å². The van der Waals surface area contributed by atoms with E-state index in [1.165, 1.54) is 17.0 Å². The lowest BCUT2D eigenvalue weighted by Gasteiger charge is -2.32. The number of aryl methyl sites for hydroxylation is 1. The molecule has 168 valence electrons. The summed E-state index contributed by atoms with van der Waals surface area (Å²) in [6.07, 6.45) is 7.07. The standard InChI is InChI=1S/C24H28N4O3S/c1-16-15-19(31-2)7-8-20(16)27-24(30)22-10-9-21(32-22)23(29)26-17-3-5-18(6-4-17)28-13-11-25-12-14-28/h3,5-10,15,17,25H,4,11-14H2,1-2H3,(H,26,29)(H,27,30). The molecule has 0 bridgehead atoms. The topological polar surface area (TPSA) is 82.7 Å². The second-order valence-corrected chi connectivity index (χ2v) is 8.92. The van der Waals surface area contributed by atoms with E-state index in [-0.39, 0.29) is 17.9 Å². The summed E-state index contributed by atoms with van der Waals surface area (Å²) >= 11 is 1.19. The molecule has 0 saturated carbocycles. The summed E-state index contributed by atoms with van der Waals surface area (Å²) in [5, 5.41) is 9.30. The predicted octanol–water partition coefficient (Wildman–Crippen LogP) is 3.16. The summed E-state index contributed by atoms with van der Waals surface area (Å²) in [6, 6.07) is 8.82. The van der Waals surface area contributed by atoms with Gasteiger partial charge in [-0.15, -0.1) is 11.3 Å². The first-order valence-corrected chi connectivity index (χ1v) is 11.6. The highest BCUT2D eigenvalue weighted by Crippen LogP contribution is 2.24. The molecule has 1 aromatic heterocycles. The number of thiophene rings is 1. The van der Waals surface area contributed by atoms with Gasteiger partial charge in [0.1, 0.15) is 5.75 Å². The lowest BCUT2D eigenvalue weighted by atomic mass is 10.1. The van der Waals surface area contributed by atoms with E-state index in [0.717, 1.165) is 49.6 Å². The van der Waals surface area contributed by atoms with Gasteiger partial charge in [-0.1, -0.05) is 12.2 Å². The Bertz CT molecular complexity index is 1050. The molecular weight excluding hydrogens is 424 g/mol. The zero-order chi connectivity index (χ0) is 22.5. The Labute approximate surface area is 192 Å². The second-order valence-electron chi connectivity index (χ2n) is 7.84. The number of piperazine rings is 1. The van der Waals surface area contributed by atoms with Gasteiger partial charge in [0.05, 0.1) is 22.9 Å². The van der Waals surface area contributed by atoms with Gasteiger partial charge in [-0.3, -0.25) is 9.59 Å². The fourth-order valence-corrected chi connectivity index (χ4v) is 4.59. The van der Waals surface area contributed by atoms with Crippen LogP contribution in [-0.4, -0.2) is 56.0 Å². The van der Waals surface area contributed by atoms with E-state index in [0.29, 0.717) is 9.75 Å². The number of anilines is 1. The van der Waals surface area contributed by atoms with Crippen LogP contribution in [0, 0.1) is 6.92 Å². The average molecular weight is 453 g/mol. The van der Waals surface area contributed by atoms with Crippen LogP contribution >= 0.6 is 11.3 Å². The molecule has 1 aromatic carbocycles. The molecule has 3 N–H and O–H groups in total. The number of allylic oxidation sites excluding steroid dienone is 1. The molecule has 1 atom stereocenters. The minimum atomic E-state index is -0.233. The number of benzene rings is 1. The predicted molar refractivity (Wildman–Crippen MR) is 128 cm³/mol. The molecule has 1 saturated heterocycles. The van der Waals surface area contributed by atoms with E-state index in [1.54, 1.807) is 25.3 Å². The van der Waals surface area contributed by atoms with E-state index < -0.39 is 0 Å². The van der Waals surface area contributed by atoms with E-state index in [4.69, 9.17) is 4.74 Å². The zero-order valence-electron chi connectivity index (χ0n) is 18.3. The van der Waals surface area contributed by atoms with Gasteiger partial charge in [0, 0.05) is 37.6 Å². The number of nitrogens with zero attached hydrogens (tertiary/aromatic N) is 1. The lowest BCUT2D eigenvalue weighted by molar-refractivity contribution is 0.0948. The highest BCUT2D eigenvalue weighted by atomic mass is 32.1. The fourth-order valence-electron chi connectivity index (χ4n) is 3.78. The van der Waals surface area contributed by atoms with Crippen LogP contribution in [0.5, 0.6) is 5.75 Å². The highest BCUT2D eigenvalue weighted by Gasteiger charge is 2.19. The number of ether oxygens (including phenoxy) is 1. The second kappa shape index (κ2) is 10.0. The van der Waals surface area contributed by atoms with Crippen molar-refractivity contribution in [2.75, 3.05) is 38.6 Å². The van der Waals surface area contributed by atoms with Crippen molar-refractivity contribution in [2.45, 2.75) is 19.4 Å². The molecular formula is C24H28N4O3S. The Morgan fingerprint density at radius 1 is 1.12 bits per heavy atom. The SMILES string of the molecule is COc1ccc(NC(=O)c2ccc(C(=O)NC3C=CC(N4CCNCC4)=CC3)s2)c(C)c1. The number of amides is 2. The number of hydrogen-bond acceptors (Lipinski definition) is 6. The van der Waals surface area contributed by atoms with Gasteiger partial charge in [0.2, 0.25) is 0 Å². The van der Waals surface area contributed by atoms with Crippen LogP contribution in [0.2, 0.25) is 0 Å². The third-order valence-electron chi connectivity index (χ3n) is 5.61. The Morgan fingerprint density at radius 2 is 1.88 bits per heavy atom. The van der Waals surface area contributed by atoms with Crippen molar-refractivity contribution >= 4 is 28.8 Å². The van der Waals surface area contributed by atoms with E-state index in [9.17, 15) is 9.59 Å². The number of nitrogens with one attached hydrogen (secondary N) is 3. The molecule has 1 aliphatic carbocycles. The molecule has 1 aliphatic heterocycles. The van der Waals surface area contributed by atoms with Gasteiger partial charge in [-0.25, -0.2) is 0 Å². The first-order chi connectivity index (χ1) is 15.5. The van der Waals surface area contributed by atoms with Crippen molar-refractivity contribution in [1.29, 1.82) is 0 Å². The summed E-state index contributed by atoms with van der Waals surface area (Å²) in [7, 11) is 1.61. The van der Waals surface area contributed by atoms with Gasteiger partial charge in [0.25, 0.3) is 11.8 Å².